The zero-order valence-corrected chi connectivity index (χ0v) is 15.3. The summed E-state index contributed by atoms with van der Waals surface area (Å²) in [7, 11) is -3.91. The van der Waals surface area contributed by atoms with Crippen molar-refractivity contribution in [1.29, 1.82) is 0 Å². The number of carboxylic acid groups (broad SMARTS) is 1. The van der Waals surface area contributed by atoms with Gasteiger partial charge in [-0.05, 0) is 6.08 Å². The van der Waals surface area contributed by atoms with Crippen LogP contribution in [0, 0.1) is 0 Å². The Hall–Kier alpha value is -1.20. The third-order valence-corrected chi connectivity index (χ3v) is 5.11. The van der Waals surface area contributed by atoms with Crippen molar-refractivity contribution in [2.75, 3.05) is 19.0 Å². The first-order valence-electron chi connectivity index (χ1n) is 6.13. The number of aliphatic hydroxyl groups is 1. The van der Waals surface area contributed by atoms with Crippen molar-refractivity contribution in [2.24, 2.45) is 0 Å². The van der Waals surface area contributed by atoms with Crippen LogP contribution in [0.3, 0.4) is 0 Å². The van der Waals surface area contributed by atoms with Gasteiger partial charge in [-0.3, -0.25) is 14.5 Å². The number of carbonyl (C=O) groups excluding carboxylic acids is 3. The number of aliphatic carboxylic acids is 1. The number of fused-ring (bicyclic) bond motifs is 1. The van der Waals surface area contributed by atoms with Crippen molar-refractivity contribution in [2.45, 2.75) is 12.3 Å². The van der Waals surface area contributed by atoms with Gasteiger partial charge >= 0.3 is 35.5 Å². The monoisotopic (exact) mass is 353 g/mol. The van der Waals surface area contributed by atoms with Gasteiger partial charge in [-0.25, -0.2) is 8.42 Å². The van der Waals surface area contributed by atoms with Gasteiger partial charge in [0.1, 0.15) is 6.61 Å². The number of β-lactam (4-membered cyclic amide) rings is 1. The molecule has 2 aliphatic heterocycles. The SMILES string of the molecule is CC(=O)OCC1=C(C(=O)[O-])N2C(=O)/C(=C/CO)[C@H]2S(=O)(=O)C1.[Na+]. The number of aliphatic hydroxyl groups excluding tert-OH is 1. The minimum Gasteiger partial charge on any atom is -0.543 e. The van der Waals surface area contributed by atoms with Crippen molar-refractivity contribution in [3.05, 3.63) is 22.9 Å². The molecule has 2 aliphatic rings. The summed E-state index contributed by atoms with van der Waals surface area (Å²) in [6.45, 7) is -0.0325. The third kappa shape index (κ3) is 3.50. The zero-order chi connectivity index (χ0) is 16.7. The minimum atomic E-state index is -3.91. The first kappa shape index (κ1) is 19.8. The van der Waals surface area contributed by atoms with Crippen LogP contribution < -0.4 is 34.7 Å². The van der Waals surface area contributed by atoms with E-state index in [1.807, 2.05) is 0 Å². The molecule has 0 aromatic carbocycles. The molecule has 1 atom stereocenters. The standard InChI is InChI=1S/C12H13NO8S.Na/c1-6(15)21-4-7-5-22(19,20)11-8(2-3-14)10(16)13(11)9(7)12(17)18;/h2,11,14H,3-5H2,1H3,(H,17,18);/q;+1/p-1/b8-2-;/t11-;/m1./s1. The molecule has 1 fully saturated rings. The summed E-state index contributed by atoms with van der Waals surface area (Å²) in [4.78, 5) is 34.6. The van der Waals surface area contributed by atoms with Crippen molar-refractivity contribution in [1.82, 2.24) is 4.90 Å². The quantitative estimate of drug-likeness (QED) is 0.228. The number of carbonyl (C=O) groups is 3. The molecule has 0 radical (unpaired) electrons. The Labute approximate surface area is 153 Å². The predicted molar refractivity (Wildman–Crippen MR) is 68.3 cm³/mol. The molecule has 0 aromatic rings. The van der Waals surface area contributed by atoms with Crippen LogP contribution in [0.2, 0.25) is 0 Å². The number of rotatable bonds is 4. The first-order valence-corrected chi connectivity index (χ1v) is 7.85. The van der Waals surface area contributed by atoms with Crippen molar-refractivity contribution in [3.8, 4) is 0 Å². The molecule has 120 valence electrons. The average Bonchev–Trinajstić information content (AvgIpc) is 2.40. The number of nitrogens with zero attached hydrogens (tertiary/aromatic N) is 1. The molecular formula is C12H12NNaO8S. The molecule has 1 N–H and O–H groups in total. The number of esters is 1. The number of amides is 1. The molecule has 0 aliphatic carbocycles. The summed E-state index contributed by atoms with van der Waals surface area (Å²) < 4.78 is 29.0. The van der Waals surface area contributed by atoms with Crippen LogP contribution in [-0.4, -0.2) is 60.6 Å². The van der Waals surface area contributed by atoms with Crippen LogP contribution in [-0.2, 0) is 29.0 Å². The van der Waals surface area contributed by atoms with Crippen LogP contribution in [0.4, 0.5) is 0 Å². The van der Waals surface area contributed by atoms with Gasteiger partial charge in [0.15, 0.2) is 15.2 Å². The van der Waals surface area contributed by atoms with Crippen molar-refractivity contribution < 1.29 is 67.3 Å². The van der Waals surface area contributed by atoms with Gasteiger partial charge in [-0.1, -0.05) is 0 Å². The van der Waals surface area contributed by atoms with Crippen LogP contribution in [0.25, 0.3) is 0 Å². The molecule has 2 heterocycles. The van der Waals surface area contributed by atoms with Gasteiger partial charge in [-0.15, -0.1) is 0 Å². The second-order valence-corrected chi connectivity index (χ2v) is 6.76. The summed E-state index contributed by atoms with van der Waals surface area (Å²) >= 11 is 0. The molecule has 1 amide bonds. The zero-order valence-electron chi connectivity index (χ0n) is 12.4. The Kier molecular flexibility index (Phi) is 6.16. The molecule has 0 spiro atoms. The van der Waals surface area contributed by atoms with E-state index in [-0.39, 0.29) is 40.7 Å². The van der Waals surface area contributed by atoms with E-state index >= 15 is 0 Å². The van der Waals surface area contributed by atoms with Gasteiger partial charge in [0.05, 0.1) is 29.6 Å². The number of ether oxygens (including phenoxy) is 1. The fraction of sp³-hybridized carbons (Fsp3) is 0.417. The van der Waals surface area contributed by atoms with Gasteiger partial charge < -0.3 is 19.7 Å². The summed E-state index contributed by atoms with van der Waals surface area (Å²) in [6, 6.07) is 0. The van der Waals surface area contributed by atoms with Crippen molar-refractivity contribution in [3.63, 3.8) is 0 Å². The van der Waals surface area contributed by atoms with E-state index in [2.05, 4.69) is 4.74 Å². The van der Waals surface area contributed by atoms with Crippen LogP contribution in [0.1, 0.15) is 6.92 Å². The van der Waals surface area contributed by atoms with Gasteiger partial charge in [0, 0.05) is 12.5 Å². The summed E-state index contributed by atoms with van der Waals surface area (Å²) in [5.74, 6) is -3.98. The van der Waals surface area contributed by atoms with Gasteiger partial charge in [0.25, 0.3) is 5.91 Å². The van der Waals surface area contributed by atoms with Gasteiger partial charge in [0.2, 0.25) is 0 Å². The van der Waals surface area contributed by atoms with Crippen LogP contribution >= 0.6 is 0 Å². The summed E-state index contributed by atoms with van der Waals surface area (Å²) in [5.41, 5.74) is -1.03. The second-order valence-electron chi connectivity index (χ2n) is 4.70. The van der Waals surface area contributed by atoms with E-state index in [4.69, 9.17) is 5.11 Å². The Morgan fingerprint density at radius 1 is 1.48 bits per heavy atom. The van der Waals surface area contributed by atoms with E-state index in [1.165, 1.54) is 0 Å². The van der Waals surface area contributed by atoms with E-state index < -0.39 is 57.7 Å². The van der Waals surface area contributed by atoms with Gasteiger partial charge in [-0.2, -0.15) is 0 Å². The Bertz CT molecular complexity index is 723. The topological polar surface area (TPSA) is 141 Å². The van der Waals surface area contributed by atoms with E-state index in [0.717, 1.165) is 13.0 Å². The van der Waals surface area contributed by atoms with E-state index in [0.29, 0.717) is 4.90 Å². The van der Waals surface area contributed by atoms with Crippen molar-refractivity contribution >= 4 is 27.7 Å². The normalized spacial score (nSPS) is 23.7. The predicted octanol–water partition coefficient (Wildman–Crippen LogP) is -5.93. The minimum absolute atomic E-state index is 0. The molecule has 23 heavy (non-hydrogen) atoms. The number of carboxylic acids is 1. The molecule has 0 unspecified atom stereocenters. The number of hydrogen-bond donors (Lipinski definition) is 1. The maximum Gasteiger partial charge on any atom is 1.00 e. The Morgan fingerprint density at radius 2 is 2.09 bits per heavy atom. The number of hydrogen-bond acceptors (Lipinski definition) is 8. The van der Waals surface area contributed by atoms with E-state index in [1.54, 1.807) is 0 Å². The molecule has 11 heteroatoms. The fourth-order valence-corrected chi connectivity index (χ4v) is 4.36. The maximum atomic E-state index is 12.2. The molecule has 9 nitrogen and oxygen atoms in total. The molecule has 0 saturated carbocycles. The Morgan fingerprint density at radius 3 is 2.57 bits per heavy atom. The molecule has 1 saturated heterocycles. The third-order valence-electron chi connectivity index (χ3n) is 3.21. The maximum absolute atomic E-state index is 12.2. The van der Waals surface area contributed by atoms with Crippen LogP contribution in [0.5, 0.6) is 0 Å². The smallest absolute Gasteiger partial charge is 0.543 e. The first-order chi connectivity index (χ1) is 10.2. The van der Waals surface area contributed by atoms with Crippen LogP contribution in [0.15, 0.2) is 22.9 Å². The molecular weight excluding hydrogens is 341 g/mol. The second kappa shape index (κ2) is 7.14. The van der Waals surface area contributed by atoms with E-state index in [9.17, 15) is 27.9 Å². The average molecular weight is 353 g/mol. The molecule has 0 bridgehead atoms. The Balaban J connectivity index is 0.00000264. The summed E-state index contributed by atoms with van der Waals surface area (Å²) in [5, 5.41) is 18.6. The summed E-state index contributed by atoms with van der Waals surface area (Å²) in [6.07, 6.45) is 1.02. The molecule has 2 rings (SSSR count). The number of sulfone groups is 1. The fourth-order valence-electron chi connectivity index (χ4n) is 2.39. The largest absolute Gasteiger partial charge is 1.00 e. The molecule has 0 aromatic heterocycles.